The molecule has 4 aromatic rings. The first-order chi connectivity index (χ1) is 17.9. The number of ketones is 1. The Balaban J connectivity index is 1.60. The van der Waals surface area contributed by atoms with Crippen LogP contribution in [0.2, 0.25) is 0 Å². The second-order valence-electron chi connectivity index (χ2n) is 9.53. The molecule has 1 atom stereocenters. The maximum Gasteiger partial charge on any atom is 0.300 e. The largest absolute Gasteiger partial charge is 0.507 e. The van der Waals surface area contributed by atoms with E-state index in [9.17, 15) is 23.5 Å². The number of benzene rings is 4. The van der Waals surface area contributed by atoms with Gasteiger partial charge in [-0.3, -0.25) is 14.5 Å². The van der Waals surface area contributed by atoms with E-state index in [0.717, 1.165) is 59.1 Å². The smallest absolute Gasteiger partial charge is 0.300 e. The molecule has 1 aliphatic carbocycles. The number of anilines is 1. The number of carbonyl (C=O) groups excluding carboxylic acids is 2. The molecule has 1 heterocycles. The molecular formula is C31H23F2NO3. The van der Waals surface area contributed by atoms with Gasteiger partial charge in [0.25, 0.3) is 11.7 Å². The molecule has 37 heavy (non-hydrogen) atoms. The van der Waals surface area contributed by atoms with Crippen molar-refractivity contribution in [2.24, 2.45) is 0 Å². The van der Waals surface area contributed by atoms with E-state index in [1.54, 1.807) is 12.1 Å². The van der Waals surface area contributed by atoms with Gasteiger partial charge in [0.1, 0.15) is 5.76 Å². The third kappa shape index (κ3) is 3.80. The van der Waals surface area contributed by atoms with Gasteiger partial charge < -0.3 is 5.11 Å². The first-order valence-electron chi connectivity index (χ1n) is 12.3. The minimum atomic E-state index is -1.13. The molecule has 1 aliphatic heterocycles. The molecule has 0 bridgehead atoms. The zero-order valence-electron chi connectivity index (χ0n) is 19.9. The summed E-state index contributed by atoms with van der Waals surface area (Å²) < 4.78 is 28.0. The van der Waals surface area contributed by atoms with Crippen molar-refractivity contribution in [2.75, 3.05) is 4.90 Å². The van der Waals surface area contributed by atoms with Crippen LogP contribution >= 0.6 is 0 Å². The standard InChI is InChI=1S/C31H23F2NO3/c32-25-15-14-22(17-26(25)33)34-28(24-11-5-9-19-7-3-4-10-23(19)24)27(30(36)31(34)37)29(35)21-13-12-18-6-1-2-8-20(18)16-21/h3-5,7,9-17,28,35H,1-2,6,8H2/b29-27-. The van der Waals surface area contributed by atoms with Crippen LogP contribution in [0.5, 0.6) is 0 Å². The van der Waals surface area contributed by atoms with E-state index in [1.807, 2.05) is 48.5 Å². The van der Waals surface area contributed by atoms with Crippen molar-refractivity contribution < 1.29 is 23.5 Å². The minimum Gasteiger partial charge on any atom is -0.507 e. The van der Waals surface area contributed by atoms with Crippen LogP contribution in [-0.4, -0.2) is 16.8 Å². The fourth-order valence-corrected chi connectivity index (χ4v) is 5.55. The normalized spacial score (nSPS) is 18.9. The molecule has 4 aromatic carbocycles. The van der Waals surface area contributed by atoms with Crippen LogP contribution in [0, 0.1) is 11.6 Å². The first-order valence-corrected chi connectivity index (χ1v) is 12.3. The maximum atomic E-state index is 14.3. The molecule has 0 radical (unpaired) electrons. The van der Waals surface area contributed by atoms with E-state index in [1.165, 1.54) is 11.6 Å². The number of carbonyl (C=O) groups is 2. The molecule has 0 saturated carbocycles. The summed E-state index contributed by atoms with van der Waals surface area (Å²) >= 11 is 0. The molecule has 6 rings (SSSR count). The van der Waals surface area contributed by atoms with Crippen molar-refractivity contribution in [2.45, 2.75) is 31.7 Å². The average Bonchev–Trinajstić information content (AvgIpc) is 3.19. The van der Waals surface area contributed by atoms with E-state index in [4.69, 9.17) is 0 Å². The van der Waals surface area contributed by atoms with E-state index in [2.05, 4.69) is 0 Å². The van der Waals surface area contributed by atoms with E-state index in [0.29, 0.717) is 11.1 Å². The summed E-state index contributed by atoms with van der Waals surface area (Å²) in [6, 6.07) is 20.7. The van der Waals surface area contributed by atoms with Gasteiger partial charge in [0.15, 0.2) is 11.6 Å². The Kier molecular flexibility index (Phi) is 5.60. The number of rotatable bonds is 3. The zero-order chi connectivity index (χ0) is 25.7. The van der Waals surface area contributed by atoms with Gasteiger partial charge in [0, 0.05) is 17.3 Å². The zero-order valence-corrected chi connectivity index (χ0v) is 19.9. The van der Waals surface area contributed by atoms with Crippen LogP contribution in [-0.2, 0) is 22.4 Å². The van der Waals surface area contributed by atoms with E-state index in [-0.39, 0.29) is 17.0 Å². The molecule has 1 fully saturated rings. The Bertz CT molecular complexity index is 1620. The number of aliphatic hydroxyl groups is 1. The summed E-state index contributed by atoms with van der Waals surface area (Å²) in [4.78, 5) is 28.1. The molecule has 1 saturated heterocycles. The molecule has 184 valence electrons. The van der Waals surface area contributed by atoms with Crippen LogP contribution in [0.25, 0.3) is 16.5 Å². The van der Waals surface area contributed by atoms with Crippen LogP contribution in [0.3, 0.4) is 0 Å². The van der Waals surface area contributed by atoms with E-state index >= 15 is 0 Å². The predicted octanol–water partition coefficient (Wildman–Crippen LogP) is 6.62. The van der Waals surface area contributed by atoms with Gasteiger partial charge >= 0.3 is 0 Å². The van der Waals surface area contributed by atoms with Gasteiger partial charge in [-0.2, -0.15) is 0 Å². The highest BCUT2D eigenvalue weighted by atomic mass is 19.2. The topological polar surface area (TPSA) is 57.6 Å². The summed E-state index contributed by atoms with van der Waals surface area (Å²) in [5.74, 6) is -4.27. The van der Waals surface area contributed by atoms with Crippen molar-refractivity contribution in [3.8, 4) is 0 Å². The number of hydrogen-bond donors (Lipinski definition) is 1. The van der Waals surface area contributed by atoms with Crippen molar-refractivity contribution in [3.05, 3.63) is 118 Å². The Morgan fingerprint density at radius 2 is 1.57 bits per heavy atom. The van der Waals surface area contributed by atoms with Crippen molar-refractivity contribution in [1.29, 1.82) is 0 Å². The average molecular weight is 496 g/mol. The lowest BCUT2D eigenvalue weighted by molar-refractivity contribution is -0.132. The second-order valence-corrected chi connectivity index (χ2v) is 9.53. The van der Waals surface area contributed by atoms with Crippen molar-refractivity contribution >= 4 is 33.9 Å². The Labute approximate surface area is 212 Å². The number of amides is 1. The van der Waals surface area contributed by atoms with Gasteiger partial charge in [0.2, 0.25) is 0 Å². The molecule has 1 amide bonds. The number of fused-ring (bicyclic) bond motifs is 2. The van der Waals surface area contributed by atoms with Gasteiger partial charge in [0.05, 0.1) is 11.6 Å². The monoisotopic (exact) mass is 495 g/mol. The fraction of sp³-hybridized carbons (Fsp3) is 0.161. The summed E-state index contributed by atoms with van der Waals surface area (Å²) in [5, 5.41) is 13.2. The van der Waals surface area contributed by atoms with Crippen LogP contribution in [0.15, 0.2) is 84.4 Å². The quantitative estimate of drug-likeness (QED) is 0.197. The number of halogens is 2. The van der Waals surface area contributed by atoms with Crippen LogP contribution in [0.4, 0.5) is 14.5 Å². The van der Waals surface area contributed by atoms with Crippen LogP contribution < -0.4 is 4.90 Å². The summed E-state index contributed by atoms with van der Waals surface area (Å²) in [5.41, 5.74) is 3.34. The number of aryl methyl sites for hydroxylation is 2. The fourth-order valence-electron chi connectivity index (χ4n) is 5.55. The second kappa shape index (κ2) is 8.96. The van der Waals surface area contributed by atoms with Crippen LogP contribution in [0.1, 0.15) is 41.1 Å². The molecule has 1 unspecified atom stereocenters. The lowest BCUT2D eigenvalue weighted by Crippen LogP contribution is -2.29. The molecular weight excluding hydrogens is 472 g/mol. The Hall–Kier alpha value is -4.32. The number of aliphatic hydroxyl groups excluding tert-OH is 1. The third-order valence-electron chi connectivity index (χ3n) is 7.37. The lowest BCUT2D eigenvalue weighted by Gasteiger charge is -2.26. The Morgan fingerprint density at radius 3 is 2.38 bits per heavy atom. The molecule has 0 spiro atoms. The number of Topliss-reactive ketones (excluding diaryl/α,β-unsaturated/α-hetero) is 1. The predicted molar refractivity (Wildman–Crippen MR) is 138 cm³/mol. The summed E-state index contributed by atoms with van der Waals surface area (Å²) in [6.45, 7) is 0. The molecule has 0 aromatic heterocycles. The van der Waals surface area contributed by atoms with Crippen molar-refractivity contribution in [1.82, 2.24) is 0 Å². The molecule has 4 nitrogen and oxygen atoms in total. The van der Waals surface area contributed by atoms with Gasteiger partial charge in [-0.25, -0.2) is 8.78 Å². The van der Waals surface area contributed by atoms with Gasteiger partial charge in [-0.15, -0.1) is 0 Å². The highest BCUT2D eigenvalue weighted by molar-refractivity contribution is 6.51. The minimum absolute atomic E-state index is 0.0309. The maximum absolute atomic E-state index is 14.3. The molecule has 6 heteroatoms. The van der Waals surface area contributed by atoms with Gasteiger partial charge in [-0.05, 0) is 71.3 Å². The SMILES string of the molecule is O=C1C(=O)N(c2ccc(F)c(F)c2)C(c2cccc3ccccc23)/C1=C(/O)c1ccc2c(c1)CCCC2. The molecule has 2 aliphatic rings. The van der Waals surface area contributed by atoms with Gasteiger partial charge in [-0.1, -0.05) is 54.6 Å². The third-order valence-corrected chi connectivity index (χ3v) is 7.37. The highest BCUT2D eigenvalue weighted by Gasteiger charge is 2.47. The first kappa shape index (κ1) is 23.1. The number of hydrogen-bond acceptors (Lipinski definition) is 3. The molecule has 1 N–H and O–H groups in total. The van der Waals surface area contributed by atoms with Crippen molar-refractivity contribution in [3.63, 3.8) is 0 Å². The lowest BCUT2D eigenvalue weighted by atomic mass is 9.88. The number of nitrogens with zero attached hydrogens (tertiary/aromatic N) is 1. The Morgan fingerprint density at radius 1 is 0.811 bits per heavy atom. The summed E-state index contributed by atoms with van der Waals surface area (Å²) in [7, 11) is 0. The summed E-state index contributed by atoms with van der Waals surface area (Å²) in [6.07, 6.45) is 4.01. The highest BCUT2D eigenvalue weighted by Crippen LogP contribution is 2.44. The van der Waals surface area contributed by atoms with E-state index < -0.39 is 29.4 Å².